The van der Waals surface area contributed by atoms with Gasteiger partial charge in [0.2, 0.25) is 10.0 Å². The molecular weight excluding hydrogens is 342 g/mol. The highest BCUT2D eigenvalue weighted by Crippen LogP contribution is 2.36. The Morgan fingerprint density at radius 3 is 2.64 bits per heavy atom. The third kappa shape index (κ3) is 3.11. The molecule has 1 atom stereocenters. The smallest absolute Gasteiger partial charge is 0.246 e. The Labute approximate surface area is 147 Å². The van der Waals surface area contributed by atoms with Crippen LogP contribution in [0.25, 0.3) is 0 Å². The number of nitrogens with zero attached hydrogens (tertiary/aromatic N) is 5. The maximum absolute atomic E-state index is 13.1. The minimum Gasteiger partial charge on any atom is -0.381 e. The van der Waals surface area contributed by atoms with Crippen LogP contribution in [0.1, 0.15) is 43.3 Å². The maximum atomic E-state index is 13.1. The first-order valence-electron chi connectivity index (χ1n) is 8.68. The number of aryl methyl sites for hydroxylation is 1. The van der Waals surface area contributed by atoms with E-state index in [1.807, 2.05) is 13.2 Å². The first-order chi connectivity index (χ1) is 12.1. The van der Waals surface area contributed by atoms with Gasteiger partial charge in [-0.15, -0.1) is 0 Å². The summed E-state index contributed by atoms with van der Waals surface area (Å²) in [4.78, 5) is 0.273. The molecule has 4 rings (SSSR count). The minimum atomic E-state index is -3.56. The van der Waals surface area contributed by atoms with Crippen LogP contribution in [0.4, 0.5) is 0 Å². The molecular formula is C16H23N5O3S. The van der Waals surface area contributed by atoms with Crippen molar-refractivity contribution in [3.63, 3.8) is 0 Å². The Kier molecular flexibility index (Phi) is 4.38. The molecule has 0 spiro atoms. The zero-order valence-electron chi connectivity index (χ0n) is 14.3. The van der Waals surface area contributed by atoms with Gasteiger partial charge in [-0.1, -0.05) is 0 Å². The van der Waals surface area contributed by atoms with Crippen LogP contribution in [0.3, 0.4) is 0 Å². The van der Waals surface area contributed by atoms with Crippen molar-refractivity contribution < 1.29 is 13.2 Å². The molecule has 2 aromatic rings. The van der Waals surface area contributed by atoms with Crippen LogP contribution in [-0.2, 0) is 21.8 Å². The first-order valence-corrected chi connectivity index (χ1v) is 10.1. The van der Waals surface area contributed by atoms with Gasteiger partial charge >= 0.3 is 0 Å². The van der Waals surface area contributed by atoms with Crippen molar-refractivity contribution in [2.24, 2.45) is 7.05 Å². The second-order valence-electron chi connectivity index (χ2n) is 6.72. The van der Waals surface area contributed by atoms with E-state index in [4.69, 9.17) is 4.74 Å². The summed E-state index contributed by atoms with van der Waals surface area (Å²) in [5.74, 6) is 0. The summed E-state index contributed by atoms with van der Waals surface area (Å²) in [5.41, 5.74) is 0.945. The van der Waals surface area contributed by atoms with Gasteiger partial charge in [-0.05, 0) is 25.7 Å². The Morgan fingerprint density at radius 1 is 1.12 bits per heavy atom. The third-order valence-corrected chi connectivity index (χ3v) is 6.92. The molecule has 0 N–H and O–H groups in total. The highest BCUT2D eigenvalue weighted by Gasteiger charge is 2.37. The molecule has 0 amide bonds. The minimum absolute atomic E-state index is 0.148. The fourth-order valence-electron chi connectivity index (χ4n) is 3.71. The van der Waals surface area contributed by atoms with Crippen molar-refractivity contribution in [3.05, 3.63) is 30.4 Å². The fraction of sp³-hybridized carbons (Fsp3) is 0.625. The molecule has 0 radical (unpaired) electrons. The van der Waals surface area contributed by atoms with Crippen LogP contribution in [0.2, 0.25) is 0 Å². The van der Waals surface area contributed by atoms with Crippen LogP contribution in [0.5, 0.6) is 0 Å². The molecule has 2 aliphatic heterocycles. The van der Waals surface area contributed by atoms with Crippen LogP contribution >= 0.6 is 0 Å². The summed E-state index contributed by atoms with van der Waals surface area (Å²) < 4.78 is 36.7. The average Bonchev–Trinajstić information content (AvgIpc) is 3.35. The Hall–Kier alpha value is -1.71. The lowest BCUT2D eigenvalue weighted by atomic mass is 10.1. The number of rotatable bonds is 4. The van der Waals surface area contributed by atoms with Crippen LogP contribution in [0, 0.1) is 0 Å². The maximum Gasteiger partial charge on any atom is 0.246 e. The van der Waals surface area contributed by atoms with E-state index in [1.54, 1.807) is 26.1 Å². The summed E-state index contributed by atoms with van der Waals surface area (Å²) in [5, 5.41) is 8.50. The van der Waals surface area contributed by atoms with E-state index < -0.39 is 10.0 Å². The Balaban J connectivity index is 1.59. The van der Waals surface area contributed by atoms with Gasteiger partial charge in [-0.3, -0.25) is 9.36 Å². The van der Waals surface area contributed by atoms with Gasteiger partial charge in [0.15, 0.2) is 0 Å². The molecule has 2 saturated heterocycles. The van der Waals surface area contributed by atoms with Gasteiger partial charge in [-0.2, -0.15) is 14.5 Å². The van der Waals surface area contributed by atoms with Gasteiger partial charge in [0.25, 0.3) is 0 Å². The van der Waals surface area contributed by atoms with E-state index in [0.29, 0.717) is 19.8 Å². The van der Waals surface area contributed by atoms with Crippen molar-refractivity contribution in [1.29, 1.82) is 0 Å². The molecule has 0 saturated carbocycles. The molecule has 2 fully saturated rings. The number of hydrogen-bond donors (Lipinski definition) is 0. The normalized spacial score (nSPS) is 23.3. The van der Waals surface area contributed by atoms with Gasteiger partial charge in [0.05, 0.1) is 24.5 Å². The number of sulfonamides is 1. The Morgan fingerprint density at radius 2 is 1.92 bits per heavy atom. The molecule has 0 bridgehead atoms. The van der Waals surface area contributed by atoms with E-state index in [9.17, 15) is 8.42 Å². The van der Waals surface area contributed by atoms with E-state index in [-0.39, 0.29) is 17.0 Å². The summed E-state index contributed by atoms with van der Waals surface area (Å²) in [6.45, 7) is 1.92. The third-order valence-electron chi connectivity index (χ3n) is 5.06. The SMILES string of the molecule is Cn1cc(C2CCCN2S(=O)(=O)c2cnn(C3CCOCC3)c2)cn1. The van der Waals surface area contributed by atoms with Crippen molar-refractivity contribution in [2.75, 3.05) is 19.8 Å². The molecule has 0 aromatic carbocycles. The molecule has 25 heavy (non-hydrogen) atoms. The molecule has 0 aliphatic carbocycles. The number of aromatic nitrogens is 4. The molecule has 1 unspecified atom stereocenters. The van der Waals surface area contributed by atoms with E-state index in [0.717, 1.165) is 31.2 Å². The first kappa shape index (κ1) is 16.7. The summed E-state index contributed by atoms with van der Waals surface area (Å²) in [6, 6.07) is 0.0653. The lowest BCUT2D eigenvalue weighted by molar-refractivity contribution is 0.0662. The molecule has 136 valence electrons. The topological polar surface area (TPSA) is 82.2 Å². The lowest BCUT2D eigenvalue weighted by Gasteiger charge is -2.23. The molecule has 4 heterocycles. The van der Waals surface area contributed by atoms with Gasteiger partial charge in [0, 0.05) is 44.8 Å². The zero-order valence-corrected chi connectivity index (χ0v) is 15.1. The summed E-state index contributed by atoms with van der Waals surface area (Å²) in [7, 11) is -1.72. The van der Waals surface area contributed by atoms with E-state index in [1.165, 1.54) is 6.20 Å². The van der Waals surface area contributed by atoms with Gasteiger partial charge < -0.3 is 4.74 Å². The second-order valence-corrected chi connectivity index (χ2v) is 8.61. The van der Waals surface area contributed by atoms with Gasteiger partial charge in [0.1, 0.15) is 4.90 Å². The molecule has 8 nitrogen and oxygen atoms in total. The molecule has 2 aromatic heterocycles. The lowest BCUT2D eigenvalue weighted by Crippen LogP contribution is -2.30. The molecule has 2 aliphatic rings. The van der Waals surface area contributed by atoms with Crippen LogP contribution in [0.15, 0.2) is 29.7 Å². The highest BCUT2D eigenvalue weighted by molar-refractivity contribution is 7.89. The number of hydrogen-bond acceptors (Lipinski definition) is 5. The zero-order chi connectivity index (χ0) is 17.4. The highest BCUT2D eigenvalue weighted by atomic mass is 32.2. The standard InChI is InChI=1S/C16H23N5O3S/c1-19-11-13(9-17-19)16-3-2-6-21(16)25(22,23)15-10-18-20(12-15)14-4-7-24-8-5-14/h9-12,14,16H,2-8H2,1H3. The fourth-order valence-corrected chi connectivity index (χ4v) is 5.34. The van der Waals surface area contributed by atoms with Crippen LogP contribution < -0.4 is 0 Å². The van der Waals surface area contributed by atoms with Crippen LogP contribution in [-0.4, -0.2) is 52.0 Å². The van der Waals surface area contributed by atoms with E-state index >= 15 is 0 Å². The van der Waals surface area contributed by atoms with Gasteiger partial charge in [-0.25, -0.2) is 8.42 Å². The monoisotopic (exact) mass is 365 g/mol. The van der Waals surface area contributed by atoms with Crippen molar-refractivity contribution in [3.8, 4) is 0 Å². The summed E-state index contributed by atoms with van der Waals surface area (Å²) in [6.07, 6.45) is 10.2. The predicted octanol–water partition coefficient (Wildman–Crippen LogP) is 1.49. The Bertz CT molecular complexity index is 838. The molecule has 9 heteroatoms. The summed E-state index contributed by atoms with van der Waals surface area (Å²) >= 11 is 0. The average molecular weight is 365 g/mol. The number of ether oxygens (including phenoxy) is 1. The quantitative estimate of drug-likeness (QED) is 0.820. The van der Waals surface area contributed by atoms with E-state index in [2.05, 4.69) is 10.2 Å². The van der Waals surface area contributed by atoms with Crippen molar-refractivity contribution >= 4 is 10.0 Å². The van der Waals surface area contributed by atoms with Crippen molar-refractivity contribution in [1.82, 2.24) is 23.9 Å². The largest absolute Gasteiger partial charge is 0.381 e. The second kappa shape index (κ2) is 6.54. The predicted molar refractivity (Wildman–Crippen MR) is 90.4 cm³/mol. The van der Waals surface area contributed by atoms with Crippen molar-refractivity contribution in [2.45, 2.75) is 42.7 Å².